The fourth-order valence-electron chi connectivity index (χ4n) is 2.80. The molecule has 0 saturated carbocycles. The number of halogens is 1. The van der Waals surface area contributed by atoms with Crippen LogP contribution in [-0.2, 0) is 4.79 Å². The van der Waals surface area contributed by atoms with Gasteiger partial charge in [0.2, 0.25) is 0 Å². The van der Waals surface area contributed by atoms with Crippen LogP contribution in [0.25, 0.3) is 6.08 Å². The van der Waals surface area contributed by atoms with Gasteiger partial charge in [-0.15, -0.1) is 0 Å². The van der Waals surface area contributed by atoms with Gasteiger partial charge in [-0.2, -0.15) is 0 Å². The Kier molecular flexibility index (Phi) is 8.45. The third-order valence-electron chi connectivity index (χ3n) is 4.13. The number of amides is 1. The molecule has 0 bridgehead atoms. The van der Waals surface area contributed by atoms with Gasteiger partial charge in [0.25, 0.3) is 5.91 Å². The summed E-state index contributed by atoms with van der Waals surface area (Å²) >= 11 is 12.7. The Morgan fingerprint density at radius 3 is 2.52 bits per heavy atom. The molecule has 2 aromatic carbocycles. The fraction of sp³-hybridized carbons (Fsp3) is 0.273. The van der Waals surface area contributed by atoms with Crippen molar-refractivity contribution in [1.82, 2.24) is 5.32 Å². The van der Waals surface area contributed by atoms with Gasteiger partial charge in [0, 0.05) is 6.42 Å². The summed E-state index contributed by atoms with van der Waals surface area (Å²) in [6, 6.07) is 11.0. The van der Waals surface area contributed by atoms with E-state index in [0.717, 1.165) is 5.56 Å². The summed E-state index contributed by atoms with van der Waals surface area (Å²) in [5.74, 6) is 2.12. The molecule has 1 heterocycles. The van der Waals surface area contributed by atoms with Crippen LogP contribution < -0.4 is 24.3 Å². The summed E-state index contributed by atoms with van der Waals surface area (Å²) in [5, 5.41) is 2.99. The van der Waals surface area contributed by atoms with Crippen molar-refractivity contribution >= 4 is 51.9 Å². The van der Waals surface area contributed by atoms with Crippen LogP contribution in [-0.4, -0.2) is 37.2 Å². The van der Waals surface area contributed by atoms with Crippen molar-refractivity contribution < 1.29 is 23.7 Å². The van der Waals surface area contributed by atoms with E-state index in [0.29, 0.717) is 63.5 Å². The Morgan fingerprint density at radius 1 is 1.10 bits per heavy atom. The number of hydrogen-bond acceptors (Lipinski definition) is 7. The lowest BCUT2D eigenvalue weighted by Gasteiger charge is -2.15. The number of thioether (sulfide) groups is 1. The van der Waals surface area contributed by atoms with Crippen molar-refractivity contribution in [3.05, 3.63) is 51.9 Å². The van der Waals surface area contributed by atoms with Gasteiger partial charge in [0.15, 0.2) is 23.0 Å². The van der Waals surface area contributed by atoms with Crippen LogP contribution in [0.3, 0.4) is 0 Å². The van der Waals surface area contributed by atoms with Crippen LogP contribution in [0.5, 0.6) is 23.0 Å². The average Bonchev–Trinajstić information content (AvgIpc) is 3.06. The lowest BCUT2D eigenvalue weighted by molar-refractivity contribution is -0.115. The monoisotopic (exact) mass is 479 g/mol. The van der Waals surface area contributed by atoms with Gasteiger partial charge >= 0.3 is 0 Å². The zero-order valence-electron chi connectivity index (χ0n) is 17.1. The number of ether oxygens (including phenoxy) is 4. The minimum atomic E-state index is -0.223. The summed E-state index contributed by atoms with van der Waals surface area (Å²) in [5.41, 5.74) is 0.725. The molecule has 0 unspecified atom stereocenters. The molecule has 0 aromatic heterocycles. The predicted molar refractivity (Wildman–Crippen MR) is 128 cm³/mol. The van der Waals surface area contributed by atoms with Crippen LogP contribution in [0.4, 0.5) is 0 Å². The molecule has 0 radical (unpaired) electrons. The molecule has 2 aromatic rings. The maximum Gasteiger partial charge on any atom is 0.263 e. The van der Waals surface area contributed by atoms with Crippen molar-refractivity contribution in [2.24, 2.45) is 0 Å². The molecule has 1 fully saturated rings. The third kappa shape index (κ3) is 6.29. The number of carbonyl (C=O) groups is 1. The van der Waals surface area contributed by atoms with Crippen molar-refractivity contribution in [3.8, 4) is 23.0 Å². The zero-order chi connectivity index (χ0) is 22.2. The van der Waals surface area contributed by atoms with Crippen molar-refractivity contribution in [2.45, 2.75) is 13.3 Å². The Balaban J connectivity index is 1.63. The van der Waals surface area contributed by atoms with Gasteiger partial charge < -0.3 is 24.3 Å². The second-order valence-electron chi connectivity index (χ2n) is 6.32. The summed E-state index contributed by atoms with van der Waals surface area (Å²) in [4.78, 5) is 12.4. The molecule has 9 heteroatoms. The third-order valence-corrected chi connectivity index (χ3v) is 5.58. The van der Waals surface area contributed by atoms with Crippen LogP contribution in [0.15, 0.2) is 41.3 Å². The quantitative estimate of drug-likeness (QED) is 0.289. The summed E-state index contributed by atoms with van der Waals surface area (Å²) in [6.07, 6.45) is 2.36. The molecule has 0 atom stereocenters. The maximum atomic E-state index is 11.9. The van der Waals surface area contributed by atoms with Crippen LogP contribution in [0, 0.1) is 0 Å². The van der Waals surface area contributed by atoms with Gasteiger partial charge in [-0.3, -0.25) is 4.79 Å². The summed E-state index contributed by atoms with van der Waals surface area (Å²) in [7, 11) is 1.61. The average molecular weight is 480 g/mol. The highest BCUT2D eigenvalue weighted by molar-refractivity contribution is 8.26. The molecule has 1 amide bonds. The Bertz CT molecular complexity index is 996. The standard InChI is InChI=1S/C22H22ClNO5S2/c1-3-27-18-12-14(13-19-21(25)24-22(30)31-19)11-15(23)20(18)29-10-6-9-28-17-8-5-4-7-16(17)26-2/h4-5,7-8,11-13H,3,6,9-10H2,1-2H3,(H,24,25,30)/b19-13+. The summed E-state index contributed by atoms with van der Waals surface area (Å²) in [6.45, 7) is 3.17. The highest BCUT2D eigenvalue weighted by Gasteiger charge is 2.22. The number of thiocarbonyl (C=S) groups is 1. The molecule has 164 valence electrons. The number of nitrogens with one attached hydrogen (secondary N) is 1. The number of benzene rings is 2. The van der Waals surface area contributed by atoms with E-state index in [1.54, 1.807) is 25.3 Å². The normalized spacial score (nSPS) is 14.5. The van der Waals surface area contributed by atoms with E-state index in [1.807, 2.05) is 31.2 Å². The number of para-hydroxylation sites is 2. The number of rotatable bonds is 10. The second kappa shape index (κ2) is 11.3. The van der Waals surface area contributed by atoms with Gasteiger partial charge in [0.05, 0.1) is 36.9 Å². The Labute approximate surface area is 195 Å². The van der Waals surface area contributed by atoms with E-state index in [9.17, 15) is 4.79 Å². The molecule has 1 N–H and O–H groups in total. The molecule has 1 aliphatic heterocycles. The molecule has 0 aliphatic carbocycles. The van der Waals surface area contributed by atoms with E-state index < -0.39 is 0 Å². The number of methoxy groups -OCH3 is 1. The van der Waals surface area contributed by atoms with E-state index in [4.69, 9.17) is 42.8 Å². The van der Waals surface area contributed by atoms with E-state index in [1.165, 1.54) is 11.8 Å². The second-order valence-corrected chi connectivity index (χ2v) is 8.44. The first-order chi connectivity index (χ1) is 15.0. The van der Waals surface area contributed by atoms with Gasteiger partial charge in [-0.25, -0.2) is 0 Å². The van der Waals surface area contributed by atoms with Crippen molar-refractivity contribution in [1.29, 1.82) is 0 Å². The lowest BCUT2D eigenvalue weighted by atomic mass is 10.2. The van der Waals surface area contributed by atoms with E-state index in [2.05, 4.69) is 5.32 Å². The number of carbonyl (C=O) groups excluding carboxylic acids is 1. The Hall–Kier alpha value is -2.42. The lowest BCUT2D eigenvalue weighted by Crippen LogP contribution is -2.17. The van der Waals surface area contributed by atoms with Crippen LogP contribution in [0.1, 0.15) is 18.9 Å². The zero-order valence-corrected chi connectivity index (χ0v) is 19.5. The smallest absolute Gasteiger partial charge is 0.263 e. The molecule has 1 saturated heterocycles. The molecule has 0 spiro atoms. The first kappa shape index (κ1) is 23.2. The molecular weight excluding hydrogens is 458 g/mol. The molecule has 1 aliphatic rings. The predicted octanol–water partition coefficient (Wildman–Crippen LogP) is 5.08. The Morgan fingerprint density at radius 2 is 1.84 bits per heavy atom. The van der Waals surface area contributed by atoms with Crippen LogP contribution >= 0.6 is 35.6 Å². The summed E-state index contributed by atoms with van der Waals surface area (Å²) < 4.78 is 23.1. The fourth-order valence-corrected chi connectivity index (χ4v) is 4.12. The molecule has 31 heavy (non-hydrogen) atoms. The first-order valence-electron chi connectivity index (χ1n) is 9.61. The van der Waals surface area contributed by atoms with Gasteiger partial charge in [0.1, 0.15) is 4.32 Å². The topological polar surface area (TPSA) is 66.0 Å². The molecule has 6 nitrogen and oxygen atoms in total. The van der Waals surface area contributed by atoms with Gasteiger partial charge in [-0.1, -0.05) is 47.7 Å². The first-order valence-corrected chi connectivity index (χ1v) is 11.2. The largest absolute Gasteiger partial charge is 0.493 e. The minimum absolute atomic E-state index is 0.223. The van der Waals surface area contributed by atoms with Gasteiger partial charge in [-0.05, 0) is 42.8 Å². The maximum absolute atomic E-state index is 11.9. The molecular formula is C22H22ClNO5S2. The SMILES string of the molecule is CCOc1cc(/C=C2/SC(=S)NC2=O)cc(Cl)c1OCCCOc1ccccc1OC. The van der Waals surface area contributed by atoms with Crippen molar-refractivity contribution in [3.63, 3.8) is 0 Å². The van der Waals surface area contributed by atoms with Crippen molar-refractivity contribution in [2.75, 3.05) is 26.9 Å². The highest BCUT2D eigenvalue weighted by atomic mass is 35.5. The highest BCUT2D eigenvalue weighted by Crippen LogP contribution is 2.38. The minimum Gasteiger partial charge on any atom is -0.493 e. The van der Waals surface area contributed by atoms with Crippen LogP contribution in [0.2, 0.25) is 5.02 Å². The number of hydrogen-bond donors (Lipinski definition) is 1. The van der Waals surface area contributed by atoms with E-state index >= 15 is 0 Å². The molecule has 3 rings (SSSR count). The van der Waals surface area contributed by atoms with E-state index in [-0.39, 0.29) is 5.91 Å².